The molecule has 0 saturated carbocycles. The Morgan fingerprint density at radius 1 is 1.25 bits per heavy atom. The van der Waals surface area contributed by atoms with E-state index in [1.807, 2.05) is 0 Å². The molecule has 1 N–H and O–H groups in total. The first-order valence-electron chi connectivity index (χ1n) is 4.67. The highest BCUT2D eigenvalue weighted by Crippen LogP contribution is 2.22. The molecule has 16 heavy (non-hydrogen) atoms. The minimum Gasteiger partial charge on any atom is -0.494 e. The Morgan fingerprint density at radius 3 is 2.69 bits per heavy atom. The summed E-state index contributed by atoms with van der Waals surface area (Å²) in [5.74, 6) is 0.235. The van der Waals surface area contributed by atoms with Gasteiger partial charge in [-0.1, -0.05) is 0 Å². The summed E-state index contributed by atoms with van der Waals surface area (Å²) in [6.07, 6.45) is 3.24. The van der Waals surface area contributed by atoms with Crippen molar-refractivity contribution in [1.29, 1.82) is 0 Å². The van der Waals surface area contributed by atoms with Crippen LogP contribution in [0.5, 0.6) is 5.75 Å². The highest BCUT2D eigenvalue weighted by Gasteiger charge is 2.04. The Bertz CT molecular complexity index is 476. The molecule has 82 valence electrons. The Labute approximate surface area is 92.1 Å². The molecule has 0 aliphatic rings. The lowest BCUT2D eigenvalue weighted by atomic mass is 10.3. The fourth-order valence-corrected chi connectivity index (χ4v) is 1.23. The number of halogens is 1. The topological polar surface area (TPSA) is 47.0 Å². The number of nitrogens with zero attached hydrogens (tertiary/aromatic N) is 2. The smallest absolute Gasteiger partial charge is 0.227 e. The van der Waals surface area contributed by atoms with Gasteiger partial charge < -0.3 is 10.1 Å². The molecule has 2 aromatic rings. The molecule has 0 aliphatic heterocycles. The van der Waals surface area contributed by atoms with E-state index in [0.29, 0.717) is 11.6 Å². The van der Waals surface area contributed by atoms with E-state index in [2.05, 4.69) is 15.3 Å². The van der Waals surface area contributed by atoms with Gasteiger partial charge in [-0.3, -0.25) is 0 Å². The van der Waals surface area contributed by atoms with Gasteiger partial charge in [0.25, 0.3) is 0 Å². The van der Waals surface area contributed by atoms with E-state index in [-0.39, 0.29) is 5.75 Å². The third kappa shape index (κ3) is 2.25. The van der Waals surface area contributed by atoms with Gasteiger partial charge in [-0.2, -0.15) is 0 Å². The number of hydrogen-bond donors (Lipinski definition) is 1. The Morgan fingerprint density at radius 2 is 2.00 bits per heavy atom. The molecule has 0 unspecified atom stereocenters. The first kappa shape index (κ1) is 10.4. The second-order valence-corrected chi connectivity index (χ2v) is 3.05. The summed E-state index contributed by atoms with van der Waals surface area (Å²) in [5.41, 5.74) is 0.671. The highest BCUT2D eigenvalue weighted by atomic mass is 19.1. The fourth-order valence-electron chi connectivity index (χ4n) is 1.23. The zero-order chi connectivity index (χ0) is 11.4. The largest absolute Gasteiger partial charge is 0.494 e. The van der Waals surface area contributed by atoms with E-state index >= 15 is 0 Å². The Hall–Kier alpha value is -2.17. The van der Waals surface area contributed by atoms with Gasteiger partial charge in [0.2, 0.25) is 5.95 Å². The van der Waals surface area contributed by atoms with Crippen LogP contribution in [-0.2, 0) is 0 Å². The monoisotopic (exact) mass is 219 g/mol. The van der Waals surface area contributed by atoms with Crippen LogP contribution in [0.4, 0.5) is 16.0 Å². The predicted molar refractivity (Wildman–Crippen MR) is 58.3 cm³/mol. The van der Waals surface area contributed by atoms with E-state index in [1.165, 1.54) is 13.2 Å². The van der Waals surface area contributed by atoms with Gasteiger partial charge in [0.05, 0.1) is 7.11 Å². The van der Waals surface area contributed by atoms with Crippen LogP contribution in [0.2, 0.25) is 0 Å². The molecule has 0 radical (unpaired) electrons. The average Bonchev–Trinajstić information content (AvgIpc) is 2.33. The van der Waals surface area contributed by atoms with Gasteiger partial charge >= 0.3 is 0 Å². The lowest BCUT2D eigenvalue weighted by Gasteiger charge is -2.06. The van der Waals surface area contributed by atoms with Gasteiger partial charge in [-0.15, -0.1) is 0 Å². The van der Waals surface area contributed by atoms with E-state index in [1.54, 1.807) is 30.6 Å². The van der Waals surface area contributed by atoms with E-state index in [0.717, 1.165) is 0 Å². The van der Waals surface area contributed by atoms with Gasteiger partial charge in [0.15, 0.2) is 11.6 Å². The quantitative estimate of drug-likeness (QED) is 0.860. The maximum Gasteiger partial charge on any atom is 0.227 e. The number of methoxy groups -OCH3 is 1. The van der Waals surface area contributed by atoms with Crippen LogP contribution < -0.4 is 10.1 Å². The minimum absolute atomic E-state index is 0.181. The van der Waals surface area contributed by atoms with Crippen molar-refractivity contribution in [2.45, 2.75) is 0 Å². The first-order chi connectivity index (χ1) is 7.79. The van der Waals surface area contributed by atoms with Crippen LogP contribution in [0.25, 0.3) is 0 Å². The second kappa shape index (κ2) is 4.57. The third-order valence-corrected chi connectivity index (χ3v) is 1.97. The van der Waals surface area contributed by atoms with E-state index in [4.69, 9.17) is 4.74 Å². The van der Waals surface area contributed by atoms with Crippen molar-refractivity contribution in [3.63, 3.8) is 0 Å². The molecule has 4 nitrogen and oxygen atoms in total. The standard InChI is InChI=1S/C11H10FN3O/c1-16-10-7-8(3-4-9(10)12)15-11-13-5-2-6-14-11/h2-7H,1H3,(H,13,14,15). The molecule has 0 saturated heterocycles. The fraction of sp³-hybridized carbons (Fsp3) is 0.0909. The van der Waals surface area contributed by atoms with Crippen molar-refractivity contribution in [3.8, 4) is 5.75 Å². The van der Waals surface area contributed by atoms with Crippen LogP contribution in [0, 0.1) is 5.82 Å². The Kier molecular flexibility index (Phi) is 2.95. The van der Waals surface area contributed by atoms with Crippen LogP contribution >= 0.6 is 0 Å². The SMILES string of the molecule is COc1cc(Nc2ncccn2)ccc1F. The van der Waals surface area contributed by atoms with Crippen molar-refractivity contribution in [2.24, 2.45) is 0 Å². The number of anilines is 2. The molecule has 0 amide bonds. The van der Waals surface area contributed by atoms with Crippen LogP contribution in [-0.4, -0.2) is 17.1 Å². The van der Waals surface area contributed by atoms with E-state index < -0.39 is 5.82 Å². The van der Waals surface area contributed by atoms with Crippen LogP contribution in [0.3, 0.4) is 0 Å². The molecule has 5 heteroatoms. The summed E-state index contributed by atoms with van der Waals surface area (Å²) in [6.45, 7) is 0. The molecular weight excluding hydrogens is 209 g/mol. The maximum atomic E-state index is 13.1. The molecule has 0 atom stereocenters. The number of nitrogens with one attached hydrogen (secondary N) is 1. The van der Waals surface area contributed by atoms with Gasteiger partial charge in [0, 0.05) is 24.1 Å². The summed E-state index contributed by atoms with van der Waals surface area (Å²) < 4.78 is 18.0. The zero-order valence-electron chi connectivity index (χ0n) is 8.64. The molecule has 0 spiro atoms. The number of benzene rings is 1. The second-order valence-electron chi connectivity index (χ2n) is 3.05. The predicted octanol–water partition coefficient (Wildman–Crippen LogP) is 2.37. The zero-order valence-corrected chi connectivity index (χ0v) is 8.64. The maximum absolute atomic E-state index is 13.1. The van der Waals surface area contributed by atoms with Crippen LogP contribution in [0.1, 0.15) is 0 Å². The lowest BCUT2D eigenvalue weighted by molar-refractivity contribution is 0.387. The summed E-state index contributed by atoms with van der Waals surface area (Å²) in [5, 5.41) is 2.94. The molecular formula is C11H10FN3O. The van der Waals surface area contributed by atoms with Gasteiger partial charge in [-0.25, -0.2) is 14.4 Å². The normalized spacial score (nSPS) is 9.88. The van der Waals surface area contributed by atoms with Gasteiger partial charge in [0.1, 0.15) is 0 Å². The molecule has 0 aliphatic carbocycles. The molecule has 1 aromatic heterocycles. The molecule has 1 heterocycles. The molecule has 0 fully saturated rings. The van der Waals surface area contributed by atoms with Gasteiger partial charge in [-0.05, 0) is 18.2 Å². The van der Waals surface area contributed by atoms with Crippen molar-refractivity contribution >= 4 is 11.6 Å². The lowest BCUT2D eigenvalue weighted by Crippen LogP contribution is -1.97. The summed E-state index contributed by atoms with van der Waals surface area (Å²) in [7, 11) is 1.42. The van der Waals surface area contributed by atoms with Crippen molar-refractivity contribution < 1.29 is 9.13 Å². The highest BCUT2D eigenvalue weighted by molar-refractivity contribution is 5.55. The van der Waals surface area contributed by atoms with E-state index in [9.17, 15) is 4.39 Å². The number of aromatic nitrogens is 2. The first-order valence-corrected chi connectivity index (χ1v) is 4.67. The third-order valence-electron chi connectivity index (χ3n) is 1.97. The summed E-state index contributed by atoms with van der Waals surface area (Å²) >= 11 is 0. The Balaban J connectivity index is 2.22. The number of hydrogen-bond acceptors (Lipinski definition) is 4. The molecule has 0 bridgehead atoms. The number of rotatable bonds is 3. The average molecular weight is 219 g/mol. The minimum atomic E-state index is -0.401. The van der Waals surface area contributed by atoms with Crippen LogP contribution in [0.15, 0.2) is 36.7 Å². The molecule has 2 rings (SSSR count). The van der Waals surface area contributed by atoms with Crippen molar-refractivity contribution in [2.75, 3.05) is 12.4 Å². The summed E-state index contributed by atoms with van der Waals surface area (Å²) in [4.78, 5) is 7.99. The van der Waals surface area contributed by atoms with Crippen molar-refractivity contribution in [1.82, 2.24) is 9.97 Å². The number of ether oxygens (including phenoxy) is 1. The summed E-state index contributed by atoms with van der Waals surface area (Å²) in [6, 6.07) is 6.18. The van der Waals surface area contributed by atoms with Crippen molar-refractivity contribution in [3.05, 3.63) is 42.5 Å². The molecule has 1 aromatic carbocycles.